The highest BCUT2D eigenvalue weighted by Crippen LogP contribution is 2.50. The molecule has 3 aromatic rings. The number of hydrogen-bond acceptors (Lipinski definition) is 4. The maximum absolute atomic E-state index is 13.6. The smallest absolute Gasteiger partial charge is 0.161 e. The van der Waals surface area contributed by atoms with Crippen molar-refractivity contribution in [3.63, 3.8) is 0 Å². The molecule has 0 N–H and O–H groups in total. The number of rotatable bonds is 6. The summed E-state index contributed by atoms with van der Waals surface area (Å²) < 4.78 is 7.64. The molecule has 1 aromatic heterocycles. The van der Waals surface area contributed by atoms with E-state index < -0.39 is 0 Å². The first-order valence-electron chi connectivity index (χ1n) is 13.2. The zero-order chi connectivity index (χ0) is 25.5. The maximum atomic E-state index is 13.6. The zero-order valence-corrected chi connectivity index (χ0v) is 21.9. The summed E-state index contributed by atoms with van der Waals surface area (Å²) in [6.45, 7) is 1.83. The first kappa shape index (κ1) is 24.2. The van der Waals surface area contributed by atoms with Gasteiger partial charge in [-0.05, 0) is 48.9 Å². The standard InChI is InChI=1S/C31H31ClN2O3/c1-37-17-16-34-25-12-6-14-27(35)30(25)29(31-26(34)13-7-15-28(31)36)22-19-33(24-11-5-3-9-21(22)24)18-20-8-2-4-10-23(20)32/h2-5,8-11,19,29H,6-7,12-18H2,1H3. The number of Topliss-reactive ketones (excluding diaryl/α,β-unsaturated/α-hetero) is 2. The Morgan fingerprint density at radius 3 is 2.22 bits per heavy atom. The van der Waals surface area contributed by atoms with E-state index in [-0.39, 0.29) is 17.5 Å². The van der Waals surface area contributed by atoms with Gasteiger partial charge in [0.05, 0.1) is 6.61 Å². The molecule has 0 bridgehead atoms. The van der Waals surface area contributed by atoms with Gasteiger partial charge < -0.3 is 14.2 Å². The van der Waals surface area contributed by atoms with Gasteiger partial charge in [-0.1, -0.05) is 48.0 Å². The van der Waals surface area contributed by atoms with Gasteiger partial charge in [-0.2, -0.15) is 0 Å². The Kier molecular flexibility index (Phi) is 6.51. The van der Waals surface area contributed by atoms with Gasteiger partial charge in [0.2, 0.25) is 0 Å². The molecule has 190 valence electrons. The van der Waals surface area contributed by atoms with Crippen LogP contribution in [0.4, 0.5) is 0 Å². The topological polar surface area (TPSA) is 51.5 Å². The SMILES string of the molecule is COCCN1C2=C(C(=O)CCC2)C(c2cn(Cc3ccccc3Cl)c3ccccc23)C2=C1CCCC2=O. The van der Waals surface area contributed by atoms with E-state index in [0.717, 1.165) is 75.3 Å². The molecule has 0 spiro atoms. The van der Waals surface area contributed by atoms with Crippen LogP contribution in [0.5, 0.6) is 0 Å². The highest BCUT2D eigenvalue weighted by Gasteiger charge is 2.44. The molecular formula is C31H31ClN2O3. The van der Waals surface area contributed by atoms with Gasteiger partial charge in [0.15, 0.2) is 11.6 Å². The number of hydrogen-bond donors (Lipinski definition) is 0. The molecule has 2 heterocycles. The van der Waals surface area contributed by atoms with Crippen LogP contribution in [-0.4, -0.2) is 41.3 Å². The van der Waals surface area contributed by atoms with Gasteiger partial charge in [0, 0.05) is 83.6 Å². The van der Waals surface area contributed by atoms with E-state index in [1.165, 1.54) is 0 Å². The lowest BCUT2D eigenvalue weighted by molar-refractivity contribution is -0.117. The second kappa shape index (κ2) is 9.96. The number of ether oxygens (including phenoxy) is 1. The second-order valence-electron chi connectivity index (χ2n) is 10.2. The van der Waals surface area contributed by atoms with Crippen LogP contribution < -0.4 is 0 Å². The Hall–Kier alpha value is -3.15. The summed E-state index contributed by atoms with van der Waals surface area (Å²) in [6, 6.07) is 16.2. The van der Waals surface area contributed by atoms with E-state index in [9.17, 15) is 9.59 Å². The van der Waals surface area contributed by atoms with Crippen LogP contribution in [0.1, 0.15) is 55.6 Å². The number of para-hydroxylation sites is 1. The molecule has 2 aromatic carbocycles. The van der Waals surface area contributed by atoms with Gasteiger partial charge >= 0.3 is 0 Å². The largest absolute Gasteiger partial charge is 0.383 e. The van der Waals surface area contributed by atoms with E-state index >= 15 is 0 Å². The fourth-order valence-corrected chi connectivity index (χ4v) is 6.62. The van der Waals surface area contributed by atoms with Crippen molar-refractivity contribution in [1.82, 2.24) is 9.47 Å². The molecule has 0 unspecified atom stereocenters. The molecule has 2 aliphatic carbocycles. The highest BCUT2D eigenvalue weighted by atomic mass is 35.5. The lowest BCUT2D eigenvalue weighted by Crippen LogP contribution is -2.40. The van der Waals surface area contributed by atoms with Crippen molar-refractivity contribution in [3.05, 3.63) is 93.4 Å². The lowest BCUT2D eigenvalue weighted by Gasteiger charge is -2.43. The molecule has 6 heteroatoms. The van der Waals surface area contributed by atoms with Crippen molar-refractivity contribution in [2.75, 3.05) is 20.3 Å². The molecule has 0 fully saturated rings. The van der Waals surface area contributed by atoms with Gasteiger partial charge in [0.1, 0.15) is 0 Å². The number of benzene rings is 2. The normalized spacial score (nSPS) is 18.6. The predicted octanol–water partition coefficient (Wildman–Crippen LogP) is 6.40. The Balaban J connectivity index is 1.57. The monoisotopic (exact) mass is 514 g/mol. The summed E-state index contributed by atoms with van der Waals surface area (Å²) in [5, 5.41) is 1.81. The van der Waals surface area contributed by atoms with E-state index in [2.05, 4.69) is 27.8 Å². The minimum absolute atomic E-state index is 0.168. The third kappa shape index (κ3) is 4.14. The van der Waals surface area contributed by atoms with E-state index in [1.54, 1.807) is 7.11 Å². The predicted molar refractivity (Wildman–Crippen MR) is 146 cm³/mol. The summed E-state index contributed by atoms with van der Waals surface area (Å²) >= 11 is 6.53. The zero-order valence-electron chi connectivity index (χ0n) is 21.1. The third-order valence-electron chi connectivity index (χ3n) is 8.03. The summed E-state index contributed by atoms with van der Waals surface area (Å²) in [7, 11) is 1.70. The average Bonchev–Trinajstić information content (AvgIpc) is 3.26. The van der Waals surface area contributed by atoms with Crippen LogP contribution in [0.25, 0.3) is 10.9 Å². The Morgan fingerprint density at radius 2 is 1.54 bits per heavy atom. The molecule has 6 rings (SSSR count). The molecule has 5 nitrogen and oxygen atoms in total. The second-order valence-corrected chi connectivity index (χ2v) is 10.6. The number of halogens is 1. The van der Waals surface area contributed by atoms with Crippen molar-refractivity contribution < 1.29 is 14.3 Å². The molecule has 1 aliphatic heterocycles. The first-order chi connectivity index (χ1) is 18.1. The van der Waals surface area contributed by atoms with Gasteiger partial charge in [-0.3, -0.25) is 9.59 Å². The van der Waals surface area contributed by atoms with Crippen molar-refractivity contribution in [1.29, 1.82) is 0 Å². The van der Waals surface area contributed by atoms with Gasteiger partial charge in [-0.15, -0.1) is 0 Å². The average molecular weight is 515 g/mol. The summed E-state index contributed by atoms with van der Waals surface area (Å²) in [5.41, 5.74) is 6.97. The number of carbonyl (C=O) groups excluding carboxylic acids is 2. The fourth-order valence-electron chi connectivity index (χ4n) is 6.43. The number of nitrogens with zero attached hydrogens (tertiary/aromatic N) is 2. The molecular weight excluding hydrogens is 484 g/mol. The summed E-state index contributed by atoms with van der Waals surface area (Å²) in [4.78, 5) is 29.5. The third-order valence-corrected chi connectivity index (χ3v) is 8.40. The quantitative estimate of drug-likeness (QED) is 0.382. The maximum Gasteiger partial charge on any atom is 0.161 e. The molecule has 37 heavy (non-hydrogen) atoms. The molecule has 0 amide bonds. The van der Waals surface area contributed by atoms with E-state index in [1.807, 2.05) is 36.4 Å². The molecule has 3 aliphatic rings. The number of carbonyl (C=O) groups is 2. The van der Waals surface area contributed by atoms with Crippen LogP contribution in [0, 0.1) is 0 Å². The molecule has 0 saturated carbocycles. The Morgan fingerprint density at radius 1 is 0.892 bits per heavy atom. The number of methoxy groups -OCH3 is 1. The number of allylic oxidation sites excluding steroid dienone is 4. The number of ketones is 2. The molecule has 0 radical (unpaired) electrons. The number of fused-ring (bicyclic) bond motifs is 1. The molecule has 0 saturated heterocycles. The Bertz CT molecular complexity index is 1420. The Labute approximate surface area is 222 Å². The van der Waals surface area contributed by atoms with Gasteiger partial charge in [-0.25, -0.2) is 0 Å². The minimum atomic E-state index is -0.332. The van der Waals surface area contributed by atoms with Gasteiger partial charge in [0.25, 0.3) is 0 Å². The first-order valence-corrected chi connectivity index (χ1v) is 13.6. The van der Waals surface area contributed by atoms with Crippen molar-refractivity contribution >= 4 is 34.1 Å². The van der Waals surface area contributed by atoms with Crippen LogP contribution in [0.3, 0.4) is 0 Å². The van der Waals surface area contributed by atoms with Crippen molar-refractivity contribution in [2.45, 2.75) is 51.0 Å². The van der Waals surface area contributed by atoms with Crippen molar-refractivity contribution in [3.8, 4) is 0 Å². The van der Waals surface area contributed by atoms with Crippen LogP contribution in [0.2, 0.25) is 5.02 Å². The minimum Gasteiger partial charge on any atom is -0.383 e. The lowest BCUT2D eigenvalue weighted by atomic mass is 9.71. The van der Waals surface area contributed by atoms with E-state index in [4.69, 9.17) is 16.3 Å². The fraction of sp³-hybridized carbons (Fsp3) is 0.355. The van der Waals surface area contributed by atoms with Crippen molar-refractivity contribution in [2.24, 2.45) is 0 Å². The van der Waals surface area contributed by atoms with E-state index in [0.29, 0.717) is 32.5 Å². The highest BCUT2D eigenvalue weighted by molar-refractivity contribution is 6.31. The summed E-state index contributed by atoms with van der Waals surface area (Å²) in [5.74, 6) is 0.00448. The van der Waals surface area contributed by atoms with Crippen LogP contribution in [0.15, 0.2) is 77.3 Å². The van der Waals surface area contributed by atoms with Crippen LogP contribution in [-0.2, 0) is 20.9 Å². The molecule has 0 atom stereocenters. The number of aromatic nitrogens is 1. The van der Waals surface area contributed by atoms with Crippen LogP contribution >= 0.6 is 11.6 Å². The summed E-state index contributed by atoms with van der Waals surface area (Å²) in [6.07, 6.45) is 6.61.